The van der Waals surface area contributed by atoms with Crippen molar-refractivity contribution < 1.29 is 4.79 Å². The Hall–Kier alpha value is -0.360. The zero-order valence-electron chi connectivity index (χ0n) is 14.5. The van der Waals surface area contributed by atoms with Gasteiger partial charge in [-0.2, -0.15) is 0 Å². The fourth-order valence-corrected chi connectivity index (χ4v) is 4.94. The number of halogens is 2. The molecule has 24 heavy (non-hydrogen) atoms. The molecule has 1 N–H and O–H groups in total. The first-order valence-corrected chi connectivity index (χ1v) is 9.42. The Morgan fingerprint density at radius 2 is 1.83 bits per heavy atom. The molecule has 2 fully saturated rings. The second-order valence-electron chi connectivity index (χ2n) is 6.74. The lowest BCUT2D eigenvalue weighted by Crippen LogP contribution is -2.40. The fourth-order valence-electron chi connectivity index (χ4n) is 3.74. The third kappa shape index (κ3) is 4.84. The third-order valence-electron chi connectivity index (χ3n) is 5.11. The number of carbonyl (C=O) groups excluding carboxylic acids is 1. The zero-order chi connectivity index (χ0) is 15.5. The number of hydrogen-bond donors (Lipinski definition) is 1. The number of aromatic nitrogens is 1. The Bertz CT molecular complexity index is 524. The summed E-state index contributed by atoms with van der Waals surface area (Å²) in [5.41, 5.74) is 0.939. The lowest BCUT2D eigenvalue weighted by molar-refractivity contribution is 0.0695. The van der Waals surface area contributed by atoms with Gasteiger partial charge in [0.25, 0.3) is 5.91 Å². The molecule has 1 saturated carbocycles. The van der Waals surface area contributed by atoms with E-state index >= 15 is 0 Å². The van der Waals surface area contributed by atoms with Crippen LogP contribution in [0.5, 0.6) is 0 Å². The normalized spacial score (nSPS) is 19.0. The van der Waals surface area contributed by atoms with E-state index in [0.29, 0.717) is 11.8 Å². The molecule has 1 aromatic rings. The molecule has 0 bridgehead atoms. The SMILES string of the molecule is CNCC1CCN(C(=O)c2sc(C3CCCC3)nc2C)CC1.Cl.Cl. The number of carbonyl (C=O) groups is 1. The average molecular weight is 394 g/mol. The molecule has 2 heterocycles. The molecular weight excluding hydrogens is 365 g/mol. The summed E-state index contributed by atoms with van der Waals surface area (Å²) < 4.78 is 0. The predicted octanol–water partition coefficient (Wildman–Crippen LogP) is 4.02. The van der Waals surface area contributed by atoms with Gasteiger partial charge in [-0.05, 0) is 52.1 Å². The van der Waals surface area contributed by atoms with Crippen molar-refractivity contribution in [3.63, 3.8) is 0 Å². The van der Waals surface area contributed by atoms with Crippen LogP contribution in [0, 0.1) is 12.8 Å². The molecule has 1 amide bonds. The van der Waals surface area contributed by atoms with Gasteiger partial charge in [-0.1, -0.05) is 12.8 Å². The fraction of sp³-hybridized carbons (Fsp3) is 0.765. The van der Waals surface area contributed by atoms with Crippen molar-refractivity contribution in [2.45, 2.75) is 51.4 Å². The summed E-state index contributed by atoms with van der Waals surface area (Å²) in [4.78, 5) is 20.4. The van der Waals surface area contributed by atoms with E-state index in [1.165, 1.54) is 30.7 Å². The first-order chi connectivity index (χ1) is 10.7. The third-order valence-corrected chi connectivity index (χ3v) is 6.41. The molecule has 0 spiro atoms. The Balaban J connectivity index is 0.00000144. The number of hydrogen-bond acceptors (Lipinski definition) is 4. The van der Waals surface area contributed by atoms with Crippen LogP contribution < -0.4 is 5.32 Å². The van der Waals surface area contributed by atoms with Gasteiger partial charge in [0.05, 0.1) is 10.7 Å². The molecule has 0 aromatic carbocycles. The molecule has 2 aliphatic rings. The quantitative estimate of drug-likeness (QED) is 0.839. The maximum absolute atomic E-state index is 12.8. The first-order valence-electron chi connectivity index (χ1n) is 8.60. The summed E-state index contributed by atoms with van der Waals surface area (Å²) in [7, 11) is 2.00. The van der Waals surface area contributed by atoms with Crippen LogP contribution in [-0.4, -0.2) is 42.5 Å². The summed E-state index contributed by atoms with van der Waals surface area (Å²) in [6.45, 7) is 4.84. The minimum Gasteiger partial charge on any atom is -0.338 e. The number of thiazole rings is 1. The number of likely N-dealkylation sites (tertiary alicyclic amines) is 1. The van der Waals surface area contributed by atoms with Gasteiger partial charge < -0.3 is 10.2 Å². The highest BCUT2D eigenvalue weighted by atomic mass is 35.5. The van der Waals surface area contributed by atoms with Crippen LogP contribution in [0.1, 0.15) is 64.8 Å². The number of rotatable bonds is 4. The summed E-state index contributed by atoms with van der Waals surface area (Å²) in [6, 6.07) is 0. The molecule has 4 nitrogen and oxygen atoms in total. The van der Waals surface area contributed by atoms with Gasteiger partial charge >= 0.3 is 0 Å². The van der Waals surface area contributed by atoms with E-state index in [2.05, 4.69) is 5.32 Å². The van der Waals surface area contributed by atoms with E-state index < -0.39 is 0 Å². The van der Waals surface area contributed by atoms with Gasteiger partial charge in [0.1, 0.15) is 4.88 Å². The van der Waals surface area contributed by atoms with Gasteiger partial charge in [-0.3, -0.25) is 4.79 Å². The minimum atomic E-state index is 0. The number of aryl methyl sites for hydroxylation is 1. The molecule has 138 valence electrons. The maximum atomic E-state index is 12.8. The second kappa shape index (κ2) is 9.95. The number of amides is 1. The Labute approximate surface area is 161 Å². The molecule has 7 heteroatoms. The average Bonchev–Trinajstić information content (AvgIpc) is 3.17. The van der Waals surface area contributed by atoms with Gasteiger partial charge in [0, 0.05) is 19.0 Å². The lowest BCUT2D eigenvalue weighted by Gasteiger charge is -2.31. The van der Waals surface area contributed by atoms with E-state index in [-0.39, 0.29) is 30.7 Å². The Morgan fingerprint density at radius 3 is 2.42 bits per heavy atom. The van der Waals surface area contributed by atoms with E-state index in [9.17, 15) is 4.79 Å². The van der Waals surface area contributed by atoms with Crippen LogP contribution in [0.25, 0.3) is 0 Å². The lowest BCUT2D eigenvalue weighted by atomic mass is 9.97. The smallest absolute Gasteiger partial charge is 0.265 e. The van der Waals surface area contributed by atoms with Gasteiger partial charge in [-0.15, -0.1) is 36.2 Å². The van der Waals surface area contributed by atoms with Crippen LogP contribution in [0.15, 0.2) is 0 Å². The summed E-state index contributed by atoms with van der Waals surface area (Å²) in [5, 5.41) is 4.44. The molecule has 3 rings (SSSR count). The largest absolute Gasteiger partial charge is 0.338 e. The maximum Gasteiger partial charge on any atom is 0.265 e. The van der Waals surface area contributed by atoms with Gasteiger partial charge in [0.15, 0.2) is 0 Å². The predicted molar refractivity (Wildman–Crippen MR) is 105 cm³/mol. The summed E-state index contributed by atoms with van der Waals surface area (Å²) >= 11 is 1.65. The van der Waals surface area contributed by atoms with Crippen molar-refractivity contribution in [2.24, 2.45) is 5.92 Å². The molecule has 0 radical (unpaired) electrons. The van der Waals surface area contributed by atoms with E-state index in [0.717, 1.165) is 43.0 Å². The number of piperidine rings is 1. The standard InChI is InChI=1S/C17H27N3OS.2ClH/c1-12-15(22-16(19-12)14-5-3-4-6-14)17(21)20-9-7-13(8-10-20)11-18-2;;/h13-14,18H,3-11H2,1-2H3;2*1H. The zero-order valence-corrected chi connectivity index (χ0v) is 17.0. The molecule has 1 aromatic heterocycles. The second-order valence-corrected chi connectivity index (χ2v) is 7.77. The van der Waals surface area contributed by atoms with Crippen molar-refractivity contribution >= 4 is 42.1 Å². The molecule has 0 atom stereocenters. The van der Waals surface area contributed by atoms with Crippen molar-refractivity contribution in [3.05, 3.63) is 15.6 Å². The highest BCUT2D eigenvalue weighted by molar-refractivity contribution is 7.13. The van der Waals surface area contributed by atoms with E-state index in [1.54, 1.807) is 11.3 Å². The van der Waals surface area contributed by atoms with Crippen molar-refractivity contribution in [3.8, 4) is 0 Å². The Kier molecular flexibility index (Phi) is 8.99. The number of nitrogens with one attached hydrogen (secondary N) is 1. The van der Waals surface area contributed by atoms with E-state index in [1.807, 2.05) is 18.9 Å². The highest BCUT2D eigenvalue weighted by Gasteiger charge is 2.28. The molecular formula is C17H29Cl2N3OS. The first kappa shape index (κ1) is 21.7. The van der Waals surface area contributed by atoms with Crippen molar-refractivity contribution in [1.82, 2.24) is 15.2 Å². The van der Waals surface area contributed by atoms with Crippen LogP contribution in [-0.2, 0) is 0 Å². The number of nitrogens with zero attached hydrogens (tertiary/aromatic N) is 2. The molecule has 0 unspecified atom stereocenters. The summed E-state index contributed by atoms with van der Waals surface area (Å²) in [5.74, 6) is 1.53. The molecule has 1 aliphatic carbocycles. The van der Waals surface area contributed by atoms with Gasteiger partial charge in [0.2, 0.25) is 0 Å². The Morgan fingerprint density at radius 1 is 1.21 bits per heavy atom. The minimum absolute atomic E-state index is 0. The monoisotopic (exact) mass is 393 g/mol. The van der Waals surface area contributed by atoms with Gasteiger partial charge in [-0.25, -0.2) is 4.98 Å². The van der Waals surface area contributed by atoms with Crippen LogP contribution in [0.4, 0.5) is 0 Å². The van der Waals surface area contributed by atoms with Crippen LogP contribution in [0.3, 0.4) is 0 Å². The topological polar surface area (TPSA) is 45.2 Å². The highest BCUT2D eigenvalue weighted by Crippen LogP contribution is 2.37. The summed E-state index contributed by atoms with van der Waals surface area (Å²) in [6.07, 6.45) is 7.34. The molecule has 1 saturated heterocycles. The van der Waals surface area contributed by atoms with Crippen LogP contribution in [0.2, 0.25) is 0 Å². The van der Waals surface area contributed by atoms with Crippen molar-refractivity contribution in [1.29, 1.82) is 0 Å². The van der Waals surface area contributed by atoms with Crippen molar-refractivity contribution in [2.75, 3.05) is 26.7 Å². The van der Waals surface area contributed by atoms with Crippen LogP contribution >= 0.6 is 36.2 Å². The van der Waals surface area contributed by atoms with E-state index in [4.69, 9.17) is 4.98 Å². The molecule has 1 aliphatic heterocycles.